The van der Waals surface area contributed by atoms with Gasteiger partial charge in [-0.3, -0.25) is 19.5 Å². The van der Waals surface area contributed by atoms with Crippen LogP contribution in [0.3, 0.4) is 0 Å². The normalized spacial score (nSPS) is 22.7. The van der Waals surface area contributed by atoms with Crippen molar-refractivity contribution in [3.8, 4) is 17.0 Å². The van der Waals surface area contributed by atoms with Gasteiger partial charge in [-0.15, -0.1) is 0 Å². The number of hydrogen-bond acceptors (Lipinski definition) is 8. The predicted octanol–water partition coefficient (Wildman–Crippen LogP) is 6.93. The van der Waals surface area contributed by atoms with Crippen molar-refractivity contribution < 1.29 is 23.5 Å². The quantitative estimate of drug-likeness (QED) is 0.195. The molecule has 3 fully saturated rings. The van der Waals surface area contributed by atoms with Crippen LogP contribution in [0.1, 0.15) is 99.7 Å². The molecule has 0 bridgehead atoms. The molecule has 3 heterocycles. The molecule has 0 aliphatic heterocycles. The molecule has 3 aromatic heterocycles. The Morgan fingerprint density at radius 1 is 0.917 bits per heavy atom. The first-order valence-electron chi connectivity index (χ1n) is 17.8. The molecule has 0 unspecified atom stereocenters. The molecule has 2 amide bonds. The van der Waals surface area contributed by atoms with Gasteiger partial charge in [0.2, 0.25) is 11.8 Å². The Labute approximate surface area is 284 Å². The lowest BCUT2D eigenvalue weighted by Gasteiger charge is -2.35. The average molecular weight is 658 g/mol. The van der Waals surface area contributed by atoms with E-state index in [0.717, 1.165) is 98.5 Å². The first-order valence-corrected chi connectivity index (χ1v) is 17.8. The highest BCUT2D eigenvalue weighted by molar-refractivity contribution is 5.94. The summed E-state index contributed by atoms with van der Waals surface area (Å²) in [6, 6.07) is 8.07. The number of carbonyl (C=O) groups is 2. The lowest BCUT2D eigenvalue weighted by atomic mass is 9.78. The van der Waals surface area contributed by atoms with Crippen LogP contribution >= 0.6 is 0 Å². The molecule has 0 aromatic carbocycles. The van der Waals surface area contributed by atoms with E-state index in [0.29, 0.717) is 55.6 Å². The Balaban J connectivity index is 1.14. The molecule has 0 saturated heterocycles. The number of likely N-dealkylation sites (N-methyl/N-ethyl adjacent to an activating group) is 1. The largest absolute Gasteiger partial charge is 0.495 e. The Morgan fingerprint density at radius 2 is 1.65 bits per heavy atom. The van der Waals surface area contributed by atoms with E-state index in [2.05, 4.69) is 6.07 Å². The Bertz CT molecular complexity index is 1540. The van der Waals surface area contributed by atoms with Crippen LogP contribution in [0.4, 0.5) is 5.82 Å². The van der Waals surface area contributed by atoms with Gasteiger partial charge in [-0.2, -0.15) is 0 Å². The molecule has 3 aliphatic carbocycles. The molecule has 48 heavy (non-hydrogen) atoms. The number of oxazole rings is 1. The van der Waals surface area contributed by atoms with Crippen LogP contribution in [0.2, 0.25) is 0 Å². The lowest BCUT2D eigenvalue weighted by Crippen LogP contribution is -2.42. The molecule has 3 saturated carbocycles. The Morgan fingerprint density at radius 3 is 2.33 bits per heavy atom. The second-order valence-electron chi connectivity index (χ2n) is 14.2. The van der Waals surface area contributed by atoms with Crippen LogP contribution in [-0.4, -0.2) is 72.6 Å². The highest BCUT2D eigenvalue weighted by Gasteiger charge is 2.34. The van der Waals surface area contributed by atoms with Crippen molar-refractivity contribution in [3.63, 3.8) is 0 Å². The summed E-state index contributed by atoms with van der Waals surface area (Å²) in [6.45, 7) is 3.77. The number of aromatic nitrogens is 3. The summed E-state index contributed by atoms with van der Waals surface area (Å²) in [6.07, 6.45) is 13.8. The van der Waals surface area contributed by atoms with E-state index in [1.165, 1.54) is 0 Å². The molecule has 3 aliphatic rings. The highest BCUT2D eigenvalue weighted by atomic mass is 16.5. The fourth-order valence-electron chi connectivity index (χ4n) is 7.46. The smallest absolute Gasteiger partial charge is 0.231 e. The number of rotatable bonds is 13. The number of amides is 2. The highest BCUT2D eigenvalue weighted by Crippen LogP contribution is 2.41. The molecule has 258 valence electrons. The van der Waals surface area contributed by atoms with Crippen LogP contribution in [0.5, 0.6) is 5.75 Å². The molecule has 0 N–H and O–H groups in total. The number of carbonyl (C=O) groups excluding carboxylic acids is 2. The van der Waals surface area contributed by atoms with Crippen LogP contribution < -0.4 is 9.64 Å². The molecule has 6 rings (SSSR count). The van der Waals surface area contributed by atoms with E-state index in [1.54, 1.807) is 31.6 Å². The zero-order valence-electron chi connectivity index (χ0n) is 29.0. The summed E-state index contributed by atoms with van der Waals surface area (Å²) >= 11 is 0. The molecule has 10 nitrogen and oxygen atoms in total. The summed E-state index contributed by atoms with van der Waals surface area (Å²) in [5, 5.41) is 0. The van der Waals surface area contributed by atoms with E-state index in [-0.39, 0.29) is 17.7 Å². The summed E-state index contributed by atoms with van der Waals surface area (Å²) in [7, 11) is 5.17. The number of aryl methyl sites for hydroxylation is 1. The van der Waals surface area contributed by atoms with Gasteiger partial charge in [0.05, 0.1) is 19.4 Å². The maximum Gasteiger partial charge on any atom is 0.231 e. The summed E-state index contributed by atoms with van der Waals surface area (Å²) in [4.78, 5) is 45.2. The van der Waals surface area contributed by atoms with Crippen molar-refractivity contribution in [2.24, 2.45) is 17.8 Å². The number of nitrogens with zero attached hydrogens (tertiary/aromatic N) is 5. The van der Waals surface area contributed by atoms with Crippen molar-refractivity contribution in [1.82, 2.24) is 19.9 Å². The van der Waals surface area contributed by atoms with Crippen molar-refractivity contribution in [3.05, 3.63) is 54.0 Å². The van der Waals surface area contributed by atoms with Crippen molar-refractivity contribution >= 4 is 17.6 Å². The Hall–Kier alpha value is -3.79. The third-order valence-corrected chi connectivity index (χ3v) is 10.7. The maximum atomic E-state index is 14.4. The third-order valence-electron chi connectivity index (χ3n) is 10.7. The van der Waals surface area contributed by atoms with Gasteiger partial charge in [0.15, 0.2) is 5.89 Å². The van der Waals surface area contributed by atoms with E-state index in [9.17, 15) is 9.59 Å². The van der Waals surface area contributed by atoms with E-state index >= 15 is 0 Å². The van der Waals surface area contributed by atoms with Gasteiger partial charge in [0, 0.05) is 68.9 Å². The number of hydrogen-bond donors (Lipinski definition) is 0. The second kappa shape index (κ2) is 15.6. The summed E-state index contributed by atoms with van der Waals surface area (Å²) < 4.78 is 16.3. The fraction of sp³-hybridized carbons (Fsp3) is 0.605. The minimum absolute atomic E-state index is 0.0793. The van der Waals surface area contributed by atoms with Gasteiger partial charge in [0.25, 0.3) is 0 Å². The third kappa shape index (κ3) is 8.25. The van der Waals surface area contributed by atoms with Crippen molar-refractivity contribution in [1.29, 1.82) is 0 Å². The second-order valence-corrected chi connectivity index (χ2v) is 14.2. The SMILES string of the molecule is COCCN(C)C(=O)C[C@H]1CC[C@H](C(=O)N(C[C@H]2CC[C@H](c3ccc(OC)c(C)n3)CC2)c2cc(-c3coc(C4CC4)n3)ccn2)CC1. The van der Waals surface area contributed by atoms with Crippen molar-refractivity contribution in [2.45, 2.75) is 89.4 Å². The van der Waals surface area contributed by atoms with E-state index in [4.69, 9.17) is 28.8 Å². The minimum atomic E-state index is -0.0793. The number of ether oxygens (including phenoxy) is 2. The standard InChI is InChI=1S/C38H51N5O5/c1-25-34(47-4)16-15-32(40-25)28-9-7-27(8-10-28)23-43(35-22-31(17-18-39-35)33-24-48-37(41-33)29-13-14-29)38(45)30-11-5-26(6-12-30)21-36(44)42(2)19-20-46-3/h15-18,22,24,26-30H,5-14,19-21,23H2,1-4H3/t26-,27-,28-,30-. The number of pyridine rings is 2. The molecule has 0 atom stereocenters. The van der Waals surface area contributed by atoms with Gasteiger partial charge in [-0.1, -0.05) is 0 Å². The zero-order chi connectivity index (χ0) is 33.6. The van der Waals surface area contributed by atoms with Crippen LogP contribution in [0.15, 0.2) is 41.1 Å². The molecule has 0 spiro atoms. The van der Waals surface area contributed by atoms with Crippen molar-refractivity contribution in [2.75, 3.05) is 45.9 Å². The molecule has 3 aromatic rings. The first kappa shape index (κ1) is 34.1. The topological polar surface area (TPSA) is 111 Å². The van der Waals surface area contributed by atoms with Gasteiger partial charge in [0.1, 0.15) is 23.5 Å². The molecular formula is C38H51N5O5. The van der Waals surface area contributed by atoms with E-state index in [1.807, 2.05) is 37.1 Å². The van der Waals surface area contributed by atoms with Gasteiger partial charge in [-0.05, 0) is 107 Å². The maximum absolute atomic E-state index is 14.4. The van der Waals surface area contributed by atoms with Gasteiger partial charge >= 0.3 is 0 Å². The average Bonchev–Trinajstić information content (AvgIpc) is 3.85. The minimum Gasteiger partial charge on any atom is -0.495 e. The molecule has 10 heteroatoms. The molecule has 0 radical (unpaired) electrons. The summed E-state index contributed by atoms with van der Waals surface area (Å²) in [5.74, 6) is 4.05. The lowest BCUT2D eigenvalue weighted by molar-refractivity contribution is -0.131. The Kier molecular flexibility index (Phi) is 11.1. The van der Waals surface area contributed by atoms with Crippen LogP contribution in [0, 0.1) is 24.7 Å². The van der Waals surface area contributed by atoms with E-state index < -0.39 is 0 Å². The number of methoxy groups -OCH3 is 2. The fourth-order valence-corrected chi connectivity index (χ4v) is 7.46. The zero-order valence-corrected chi connectivity index (χ0v) is 29.0. The summed E-state index contributed by atoms with van der Waals surface area (Å²) in [5.41, 5.74) is 3.76. The predicted molar refractivity (Wildman–Crippen MR) is 184 cm³/mol. The van der Waals surface area contributed by atoms with Gasteiger partial charge in [-0.25, -0.2) is 9.97 Å². The monoisotopic (exact) mass is 657 g/mol. The van der Waals surface area contributed by atoms with Crippen LogP contribution in [-0.2, 0) is 14.3 Å². The van der Waals surface area contributed by atoms with Crippen LogP contribution in [0.25, 0.3) is 11.3 Å². The van der Waals surface area contributed by atoms with Gasteiger partial charge < -0.3 is 18.8 Å². The number of anilines is 1. The molecular weight excluding hydrogens is 606 g/mol. The first-order chi connectivity index (χ1) is 23.3.